The summed E-state index contributed by atoms with van der Waals surface area (Å²) >= 11 is 0.536. The van der Waals surface area contributed by atoms with Crippen molar-refractivity contribution in [3.8, 4) is 0 Å². The first-order chi connectivity index (χ1) is 8.73. The van der Waals surface area contributed by atoms with Crippen LogP contribution in [0.25, 0.3) is 0 Å². The van der Waals surface area contributed by atoms with E-state index in [2.05, 4.69) is 10.3 Å². The number of thiazole rings is 1. The summed E-state index contributed by atoms with van der Waals surface area (Å²) in [6, 6.07) is -1.00. The van der Waals surface area contributed by atoms with Crippen LogP contribution in [0.4, 0.5) is 0 Å². The van der Waals surface area contributed by atoms with E-state index >= 15 is 0 Å². The summed E-state index contributed by atoms with van der Waals surface area (Å²) in [6.07, 6.45) is 0. The number of aromatic nitrogens is 1. The van der Waals surface area contributed by atoms with Gasteiger partial charge >= 0.3 is 4.87 Å². The van der Waals surface area contributed by atoms with Crippen LogP contribution in [-0.4, -0.2) is 42.1 Å². The molecule has 0 radical (unpaired) electrons. The first-order valence-corrected chi connectivity index (χ1v) is 7.54. The van der Waals surface area contributed by atoms with Crippen LogP contribution in [0.3, 0.4) is 0 Å². The molecular weight excluding hydrogens is 294 g/mol. The zero-order valence-corrected chi connectivity index (χ0v) is 11.7. The molecule has 0 bridgehead atoms. The first kappa shape index (κ1) is 13.9. The number of nitrogens with zero attached hydrogens (tertiary/aromatic N) is 1. The van der Waals surface area contributed by atoms with Gasteiger partial charge in [-0.15, -0.1) is 0 Å². The van der Waals surface area contributed by atoms with Crippen molar-refractivity contribution in [3.05, 3.63) is 15.4 Å². The second-order valence-electron chi connectivity index (χ2n) is 4.07. The fourth-order valence-corrected chi connectivity index (χ4v) is 4.69. The molecule has 19 heavy (non-hydrogen) atoms. The number of hydrogen-bond acceptors (Lipinski definition) is 6. The molecule has 0 saturated carbocycles. The van der Waals surface area contributed by atoms with E-state index in [0.717, 1.165) is 4.31 Å². The molecule has 1 unspecified atom stereocenters. The standard InChI is InChI=1S/C9H11N3O5S2/c1-4-8(18-9(15)10-4)19(16,17)12-3-6(13)11-7(14)5(12)2/h5H,3H2,1-2H3,(H,10,15)(H,11,13,14). The molecule has 2 amide bonds. The molecule has 0 aromatic carbocycles. The van der Waals surface area contributed by atoms with Crippen molar-refractivity contribution in [1.29, 1.82) is 0 Å². The fraction of sp³-hybridized carbons (Fsp3) is 0.444. The van der Waals surface area contributed by atoms with Gasteiger partial charge in [0.15, 0.2) is 4.21 Å². The molecule has 1 atom stereocenters. The van der Waals surface area contributed by atoms with Crippen molar-refractivity contribution in [2.45, 2.75) is 24.1 Å². The van der Waals surface area contributed by atoms with Crippen LogP contribution in [0.2, 0.25) is 0 Å². The quantitative estimate of drug-likeness (QED) is 0.664. The number of aryl methyl sites for hydroxylation is 1. The predicted molar refractivity (Wildman–Crippen MR) is 66.2 cm³/mol. The summed E-state index contributed by atoms with van der Waals surface area (Å²) in [5.74, 6) is -1.37. The monoisotopic (exact) mass is 305 g/mol. The molecule has 10 heteroatoms. The van der Waals surface area contributed by atoms with Gasteiger partial charge in [0, 0.05) is 5.69 Å². The van der Waals surface area contributed by atoms with E-state index < -0.39 is 39.3 Å². The highest BCUT2D eigenvalue weighted by atomic mass is 32.2. The summed E-state index contributed by atoms with van der Waals surface area (Å²) in [6.45, 7) is 2.38. The number of H-pyrrole nitrogens is 1. The van der Waals surface area contributed by atoms with Crippen molar-refractivity contribution < 1.29 is 18.0 Å². The van der Waals surface area contributed by atoms with Crippen molar-refractivity contribution in [3.63, 3.8) is 0 Å². The minimum absolute atomic E-state index is 0.174. The molecule has 1 aromatic rings. The third-order valence-corrected chi connectivity index (χ3v) is 6.20. The summed E-state index contributed by atoms with van der Waals surface area (Å²) in [5, 5.41) is 2.05. The molecule has 2 rings (SSSR count). The average Bonchev–Trinajstić information content (AvgIpc) is 2.63. The SMILES string of the molecule is Cc1[nH]c(=O)sc1S(=O)(=O)N1CC(=O)NC(=O)C1C. The van der Waals surface area contributed by atoms with Crippen LogP contribution in [0.15, 0.2) is 9.00 Å². The normalized spacial score (nSPS) is 21.5. The maximum atomic E-state index is 12.4. The van der Waals surface area contributed by atoms with E-state index in [0.29, 0.717) is 11.3 Å². The largest absolute Gasteiger partial charge is 0.315 e. The van der Waals surface area contributed by atoms with Crippen molar-refractivity contribution >= 4 is 33.2 Å². The smallest absolute Gasteiger partial charge is 0.305 e. The molecule has 1 aromatic heterocycles. The zero-order chi connectivity index (χ0) is 14.4. The number of sulfonamides is 1. The molecule has 1 saturated heterocycles. The third-order valence-electron chi connectivity index (χ3n) is 2.70. The molecule has 2 heterocycles. The van der Waals surface area contributed by atoms with Gasteiger partial charge in [0.25, 0.3) is 10.0 Å². The molecule has 1 aliphatic heterocycles. The molecule has 1 aliphatic rings. The van der Waals surface area contributed by atoms with Crippen molar-refractivity contribution in [1.82, 2.24) is 14.6 Å². The fourth-order valence-electron chi connectivity index (χ4n) is 1.73. The highest BCUT2D eigenvalue weighted by molar-refractivity contribution is 7.91. The predicted octanol–water partition coefficient (Wildman–Crippen LogP) is -1.22. The third kappa shape index (κ3) is 2.33. The Labute approximate surface area is 112 Å². The minimum Gasteiger partial charge on any atom is -0.315 e. The van der Waals surface area contributed by atoms with Crippen molar-refractivity contribution in [2.75, 3.05) is 6.54 Å². The zero-order valence-electron chi connectivity index (χ0n) is 10.1. The summed E-state index contributed by atoms with van der Waals surface area (Å²) in [4.78, 5) is 35.8. The van der Waals surface area contributed by atoms with Gasteiger partial charge in [-0.3, -0.25) is 19.7 Å². The lowest BCUT2D eigenvalue weighted by Gasteiger charge is -2.30. The molecule has 2 N–H and O–H groups in total. The van der Waals surface area contributed by atoms with E-state index in [1.165, 1.54) is 13.8 Å². The maximum Gasteiger partial charge on any atom is 0.305 e. The highest BCUT2D eigenvalue weighted by Gasteiger charge is 2.40. The second-order valence-corrected chi connectivity index (χ2v) is 7.13. The number of rotatable bonds is 2. The van der Waals surface area contributed by atoms with Crippen LogP contribution in [0, 0.1) is 6.92 Å². The van der Waals surface area contributed by atoms with Gasteiger partial charge < -0.3 is 4.98 Å². The number of aromatic amines is 1. The molecule has 0 aliphatic carbocycles. The van der Waals surface area contributed by atoms with Gasteiger partial charge in [-0.1, -0.05) is 11.3 Å². The van der Waals surface area contributed by atoms with E-state index in [4.69, 9.17) is 0 Å². The molecular formula is C9H11N3O5S2. The molecule has 1 fully saturated rings. The van der Waals surface area contributed by atoms with E-state index in [1.807, 2.05) is 0 Å². The Hall–Kier alpha value is -1.52. The van der Waals surface area contributed by atoms with Crippen LogP contribution < -0.4 is 10.2 Å². The lowest BCUT2D eigenvalue weighted by molar-refractivity contribution is -0.136. The van der Waals surface area contributed by atoms with E-state index in [-0.39, 0.29) is 9.90 Å². The summed E-state index contributed by atoms with van der Waals surface area (Å²) < 4.78 is 25.4. The number of nitrogens with one attached hydrogen (secondary N) is 2. The Bertz CT molecular complexity index is 702. The lowest BCUT2D eigenvalue weighted by atomic mass is 10.2. The lowest BCUT2D eigenvalue weighted by Crippen LogP contribution is -2.58. The van der Waals surface area contributed by atoms with Gasteiger partial charge in [-0.25, -0.2) is 8.42 Å². The molecule has 0 spiro atoms. The van der Waals surface area contributed by atoms with Crippen LogP contribution in [-0.2, 0) is 19.6 Å². The molecule has 104 valence electrons. The number of carbonyl (C=O) groups excluding carboxylic acids is 2. The van der Waals surface area contributed by atoms with E-state index in [9.17, 15) is 22.8 Å². The van der Waals surface area contributed by atoms with Gasteiger partial charge in [-0.2, -0.15) is 4.31 Å². The number of piperazine rings is 1. The van der Waals surface area contributed by atoms with E-state index in [1.54, 1.807) is 0 Å². The van der Waals surface area contributed by atoms with Gasteiger partial charge in [0.2, 0.25) is 11.8 Å². The van der Waals surface area contributed by atoms with Gasteiger partial charge in [0.1, 0.15) is 6.04 Å². The summed E-state index contributed by atoms with van der Waals surface area (Å²) in [5.41, 5.74) is 0.195. The Morgan fingerprint density at radius 3 is 2.47 bits per heavy atom. The Morgan fingerprint density at radius 1 is 1.32 bits per heavy atom. The first-order valence-electron chi connectivity index (χ1n) is 5.28. The van der Waals surface area contributed by atoms with Gasteiger partial charge in [-0.05, 0) is 13.8 Å². The average molecular weight is 305 g/mol. The summed E-state index contributed by atoms with van der Waals surface area (Å²) in [7, 11) is -4.05. The maximum absolute atomic E-state index is 12.4. The number of amides is 2. The Balaban J connectivity index is 2.50. The number of imide groups is 1. The topological polar surface area (TPSA) is 116 Å². The number of carbonyl (C=O) groups is 2. The van der Waals surface area contributed by atoms with Gasteiger partial charge in [0.05, 0.1) is 6.54 Å². The van der Waals surface area contributed by atoms with Crippen LogP contribution >= 0.6 is 11.3 Å². The van der Waals surface area contributed by atoms with Crippen LogP contribution in [0.5, 0.6) is 0 Å². The minimum atomic E-state index is -4.05. The second kappa shape index (κ2) is 4.54. The van der Waals surface area contributed by atoms with Crippen molar-refractivity contribution in [2.24, 2.45) is 0 Å². The number of hydrogen-bond donors (Lipinski definition) is 2. The highest BCUT2D eigenvalue weighted by Crippen LogP contribution is 2.23. The Kier molecular flexibility index (Phi) is 3.32. The molecule has 8 nitrogen and oxygen atoms in total. The van der Waals surface area contributed by atoms with Crippen LogP contribution in [0.1, 0.15) is 12.6 Å². The Morgan fingerprint density at radius 2 is 1.95 bits per heavy atom.